The molecule has 1 atom stereocenters. The molecule has 0 spiro atoms. The smallest absolute Gasteiger partial charge is 0.242 e. The second-order valence-electron chi connectivity index (χ2n) is 4.76. The fourth-order valence-corrected chi connectivity index (χ4v) is 4.23. The number of methoxy groups -OCH3 is 1. The van der Waals surface area contributed by atoms with Crippen molar-refractivity contribution in [2.75, 3.05) is 41.9 Å². The Morgan fingerprint density at radius 2 is 2.32 bits per heavy atom. The lowest BCUT2D eigenvalue weighted by atomic mass is 10.2. The second-order valence-corrected chi connectivity index (χ2v) is 6.99. The third-order valence-corrected chi connectivity index (χ3v) is 5.26. The van der Waals surface area contributed by atoms with Gasteiger partial charge in [-0.1, -0.05) is 0 Å². The molecular formula is C11H16N4O3S. The largest absolute Gasteiger partial charge is 0.479 e. The minimum Gasteiger partial charge on any atom is -0.479 e. The third kappa shape index (κ3) is 2.20. The van der Waals surface area contributed by atoms with Gasteiger partial charge >= 0.3 is 0 Å². The number of rotatable bonds is 1. The van der Waals surface area contributed by atoms with Crippen LogP contribution < -0.4 is 15.0 Å². The van der Waals surface area contributed by atoms with Crippen LogP contribution in [0.15, 0.2) is 6.33 Å². The summed E-state index contributed by atoms with van der Waals surface area (Å²) in [6.45, 7) is 1.16. The van der Waals surface area contributed by atoms with Crippen molar-refractivity contribution in [2.24, 2.45) is 0 Å². The summed E-state index contributed by atoms with van der Waals surface area (Å²) < 4.78 is 28.7. The molecule has 0 saturated carbocycles. The molecule has 0 amide bonds. The van der Waals surface area contributed by atoms with Crippen LogP contribution >= 0.6 is 0 Å². The zero-order valence-corrected chi connectivity index (χ0v) is 11.5. The monoisotopic (exact) mass is 284 g/mol. The van der Waals surface area contributed by atoms with Gasteiger partial charge < -0.3 is 15.0 Å². The first-order valence-corrected chi connectivity index (χ1v) is 8.03. The van der Waals surface area contributed by atoms with E-state index in [0.717, 1.165) is 17.9 Å². The van der Waals surface area contributed by atoms with E-state index in [4.69, 9.17) is 4.74 Å². The van der Waals surface area contributed by atoms with Gasteiger partial charge in [-0.05, 0) is 6.42 Å². The summed E-state index contributed by atoms with van der Waals surface area (Å²) in [7, 11) is -1.37. The molecule has 0 bridgehead atoms. The van der Waals surface area contributed by atoms with Crippen LogP contribution in [0.1, 0.15) is 6.42 Å². The molecule has 0 aromatic carbocycles. The molecule has 1 saturated heterocycles. The standard InChI is InChI=1S/C11H16N4O3S/c1-18-11-9-10(13-7-14-11)15-4-5-19(16,17)6-8(15)2-3-12-9/h7-8,12H,2-6H2,1H3. The van der Waals surface area contributed by atoms with E-state index in [9.17, 15) is 8.42 Å². The molecule has 1 N–H and O–H groups in total. The molecule has 0 radical (unpaired) electrons. The van der Waals surface area contributed by atoms with Crippen molar-refractivity contribution < 1.29 is 13.2 Å². The molecule has 104 valence electrons. The van der Waals surface area contributed by atoms with Crippen molar-refractivity contribution in [2.45, 2.75) is 12.5 Å². The Kier molecular flexibility index (Phi) is 2.96. The van der Waals surface area contributed by atoms with Crippen molar-refractivity contribution in [3.63, 3.8) is 0 Å². The van der Waals surface area contributed by atoms with Gasteiger partial charge in [-0.15, -0.1) is 0 Å². The summed E-state index contributed by atoms with van der Waals surface area (Å²) >= 11 is 0. The number of hydrogen-bond acceptors (Lipinski definition) is 7. The number of nitrogens with zero attached hydrogens (tertiary/aromatic N) is 3. The fourth-order valence-electron chi connectivity index (χ4n) is 2.66. The van der Waals surface area contributed by atoms with Gasteiger partial charge in [0.15, 0.2) is 15.7 Å². The number of nitrogens with one attached hydrogen (secondary N) is 1. The lowest BCUT2D eigenvalue weighted by molar-refractivity contribution is 0.399. The van der Waals surface area contributed by atoms with Gasteiger partial charge in [-0.2, -0.15) is 4.98 Å². The fraction of sp³-hybridized carbons (Fsp3) is 0.636. The zero-order chi connectivity index (χ0) is 13.5. The first-order chi connectivity index (χ1) is 9.11. The average Bonchev–Trinajstić information content (AvgIpc) is 2.55. The maximum absolute atomic E-state index is 11.7. The van der Waals surface area contributed by atoms with Crippen LogP contribution in [0.3, 0.4) is 0 Å². The van der Waals surface area contributed by atoms with E-state index in [0.29, 0.717) is 19.0 Å². The lowest BCUT2D eigenvalue weighted by Gasteiger charge is -2.35. The molecule has 3 rings (SSSR count). The molecule has 2 aliphatic rings. The summed E-state index contributed by atoms with van der Waals surface area (Å²) in [6, 6.07) is -0.0212. The van der Waals surface area contributed by atoms with Gasteiger partial charge in [0, 0.05) is 19.1 Å². The van der Waals surface area contributed by atoms with Crippen molar-refractivity contribution in [1.82, 2.24) is 9.97 Å². The van der Waals surface area contributed by atoms with Crippen LogP contribution in [0, 0.1) is 0 Å². The molecule has 7 nitrogen and oxygen atoms in total. The molecule has 3 heterocycles. The number of hydrogen-bond donors (Lipinski definition) is 1. The SMILES string of the molecule is COc1ncnc2c1NCCC1CS(=O)(=O)CCN21. The van der Waals surface area contributed by atoms with Crippen LogP contribution in [-0.2, 0) is 9.84 Å². The molecule has 19 heavy (non-hydrogen) atoms. The maximum atomic E-state index is 11.7. The Morgan fingerprint density at radius 1 is 1.47 bits per heavy atom. The number of fused-ring (bicyclic) bond motifs is 3. The summed E-state index contributed by atoms with van der Waals surface area (Å²) in [5.41, 5.74) is 0.756. The van der Waals surface area contributed by atoms with Gasteiger partial charge in [0.1, 0.15) is 12.0 Å². The molecule has 1 unspecified atom stereocenters. The minimum absolute atomic E-state index is 0.0212. The van der Waals surface area contributed by atoms with Crippen LogP contribution in [-0.4, -0.2) is 56.1 Å². The van der Waals surface area contributed by atoms with E-state index in [-0.39, 0.29) is 17.5 Å². The van der Waals surface area contributed by atoms with Crippen molar-refractivity contribution in [3.8, 4) is 5.88 Å². The van der Waals surface area contributed by atoms with E-state index in [1.54, 1.807) is 7.11 Å². The van der Waals surface area contributed by atoms with E-state index in [2.05, 4.69) is 20.2 Å². The molecule has 8 heteroatoms. The molecular weight excluding hydrogens is 268 g/mol. The van der Waals surface area contributed by atoms with Crippen LogP contribution in [0.25, 0.3) is 0 Å². The highest BCUT2D eigenvalue weighted by molar-refractivity contribution is 7.91. The van der Waals surface area contributed by atoms with Crippen molar-refractivity contribution in [1.29, 1.82) is 0 Å². The van der Waals surface area contributed by atoms with Gasteiger partial charge in [0.2, 0.25) is 5.88 Å². The van der Waals surface area contributed by atoms with Gasteiger partial charge in [0.25, 0.3) is 0 Å². The van der Waals surface area contributed by atoms with Crippen molar-refractivity contribution >= 4 is 21.3 Å². The van der Waals surface area contributed by atoms with Crippen LogP contribution in [0.4, 0.5) is 11.5 Å². The maximum Gasteiger partial charge on any atom is 0.242 e. The van der Waals surface area contributed by atoms with E-state index >= 15 is 0 Å². The number of sulfone groups is 1. The predicted molar refractivity (Wildman–Crippen MR) is 71.5 cm³/mol. The Balaban J connectivity index is 2.03. The highest BCUT2D eigenvalue weighted by Crippen LogP contribution is 2.36. The quantitative estimate of drug-likeness (QED) is 0.771. The lowest BCUT2D eigenvalue weighted by Crippen LogP contribution is -2.48. The number of ether oxygens (including phenoxy) is 1. The summed E-state index contributed by atoms with van der Waals surface area (Å²) in [5, 5.41) is 3.24. The first kappa shape index (κ1) is 12.5. The second kappa shape index (κ2) is 4.52. The van der Waals surface area contributed by atoms with E-state index in [1.807, 2.05) is 0 Å². The van der Waals surface area contributed by atoms with Gasteiger partial charge in [0.05, 0.1) is 18.6 Å². The van der Waals surface area contributed by atoms with E-state index < -0.39 is 9.84 Å². The van der Waals surface area contributed by atoms with Crippen LogP contribution in [0.2, 0.25) is 0 Å². The van der Waals surface area contributed by atoms with E-state index in [1.165, 1.54) is 6.33 Å². The highest BCUT2D eigenvalue weighted by Gasteiger charge is 2.35. The zero-order valence-electron chi connectivity index (χ0n) is 10.7. The number of aromatic nitrogens is 2. The normalized spacial score (nSPS) is 24.7. The van der Waals surface area contributed by atoms with Gasteiger partial charge in [-0.3, -0.25) is 0 Å². The Bertz CT molecular complexity index is 590. The predicted octanol–water partition coefficient (Wildman–Crippen LogP) is -0.0958. The van der Waals surface area contributed by atoms with Crippen LogP contribution in [0.5, 0.6) is 5.88 Å². The molecule has 1 fully saturated rings. The highest BCUT2D eigenvalue weighted by atomic mass is 32.2. The minimum atomic E-state index is -2.93. The summed E-state index contributed by atoms with van der Waals surface area (Å²) in [5.74, 6) is 1.61. The molecule has 1 aromatic rings. The Labute approximate surface area is 111 Å². The molecule has 0 aliphatic carbocycles. The summed E-state index contributed by atoms with van der Waals surface area (Å²) in [6.07, 6.45) is 2.21. The topological polar surface area (TPSA) is 84.4 Å². The average molecular weight is 284 g/mol. The Morgan fingerprint density at radius 3 is 3.11 bits per heavy atom. The van der Waals surface area contributed by atoms with Crippen molar-refractivity contribution in [3.05, 3.63) is 6.33 Å². The number of anilines is 2. The summed E-state index contributed by atoms with van der Waals surface area (Å²) in [4.78, 5) is 10.4. The first-order valence-electron chi connectivity index (χ1n) is 6.20. The molecule has 2 aliphatic heterocycles. The molecule has 1 aromatic heterocycles. The van der Waals surface area contributed by atoms with Gasteiger partial charge in [-0.25, -0.2) is 13.4 Å². The third-order valence-electron chi connectivity index (χ3n) is 3.57. The Hall–Kier alpha value is -1.57.